The molecule has 1 N–H and O–H groups in total. The lowest BCUT2D eigenvalue weighted by molar-refractivity contribution is 0.0890. The van der Waals surface area contributed by atoms with Crippen molar-refractivity contribution in [3.05, 3.63) is 35.4 Å². The zero-order chi connectivity index (χ0) is 13.1. The summed E-state index contributed by atoms with van der Waals surface area (Å²) in [5.74, 6) is 1.37. The highest BCUT2D eigenvalue weighted by Crippen LogP contribution is 2.29. The Morgan fingerprint density at radius 2 is 1.94 bits per heavy atom. The van der Waals surface area contributed by atoms with E-state index in [1.54, 1.807) is 0 Å². The van der Waals surface area contributed by atoms with Gasteiger partial charge in [-0.15, -0.1) is 0 Å². The van der Waals surface area contributed by atoms with Gasteiger partial charge in [0.05, 0.1) is 0 Å². The number of hydrogen-bond acceptors (Lipinski definition) is 1. The lowest BCUT2D eigenvalue weighted by Crippen LogP contribution is -2.43. The molecule has 1 saturated carbocycles. The maximum Gasteiger partial charge on any atom is 0.251 e. The smallest absolute Gasteiger partial charge is 0.251 e. The van der Waals surface area contributed by atoms with Crippen molar-refractivity contribution in [2.45, 2.75) is 46.1 Å². The van der Waals surface area contributed by atoms with Crippen molar-refractivity contribution in [1.29, 1.82) is 0 Å². The fraction of sp³-hybridized carbons (Fsp3) is 0.562. The van der Waals surface area contributed by atoms with Gasteiger partial charge in [-0.05, 0) is 36.8 Å². The highest BCUT2D eigenvalue weighted by atomic mass is 16.1. The van der Waals surface area contributed by atoms with Crippen LogP contribution < -0.4 is 5.32 Å². The Kier molecular flexibility index (Phi) is 4.05. The van der Waals surface area contributed by atoms with E-state index >= 15 is 0 Å². The molecule has 0 saturated heterocycles. The van der Waals surface area contributed by atoms with Crippen LogP contribution in [0.5, 0.6) is 0 Å². The Hall–Kier alpha value is -1.31. The van der Waals surface area contributed by atoms with Crippen LogP contribution in [0.4, 0.5) is 0 Å². The van der Waals surface area contributed by atoms with Gasteiger partial charge in [-0.2, -0.15) is 0 Å². The van der Waals surface area contributed by atoms with Crippen LogP contribution in [-0.4, -0.2) is 11.9 Å². The number of carbonyl (C=O) groups excluding carboxylic acids is 1. The third kappa shape index (κ3) is 2.74. The van der Waals surface area contributed by atoms with Crippen LogP contribution >= 0.6 is 0 Å². The summed E-state index contributed by atoms with van der Waals surface area (Å²) in [5.41, 5.74) is 1.86. The summed E-state index contributed by atoms with van der Waals surface area (Å²) in [6, 6.07) is 8.12. The third-order valence-electron chi connectivity index (χ3n) is 4.41. The first-order valence-corrected chi connectivity index (χ1v) is 6.96. The molecule has 2 rings (SSSR count). The van der Waals surface area contributed by atoms with Gasteiger partial charge in [-0.3, -0.25) is 4.79 Å². The molecular formula is C16H23NO. The van der Waals surface area contributed by atoms with E-state index in [0.717, 1.165) is 17.5 Å². The van der Waals surface area contributed by atoms with Crippen molar-refractivity contribution in [2.75, 3.05) is 0 Å². The second-order valence-corrected chi connectivity index (χ2v) is 5.66. The highest BCUT2D eigenvalue weighted by Gasteiger charge is 2.28. The molecule has 0 radical (unpaired) electrons. The SMILES string of the molecule is Cc1ccccc1C(=O)N[C@@H]1CCC[C@@H](C)[C@@H]1C. The van der Waals surface area contributed by atoms with Crippen LogP contribution in [0.25, 0.3) is 0 Å². The monoisotopic (exact) mass is 245 g/mol. The predicted molar refractivity (Wildman–Crippen MR) is 74.6 cm³/mol. The highest BCUT2D eigenvalue weighted by molar-refractivity contribution is 5.95. The minimum Gasteiger partial charge on any atom is -0.349 e. The third-order valence-corrected chi connectivity index (χ3v) is 4.41. The van der Waals surface area contributed by atoms with E-state index in [1.807, 2.05) is 31.2 Å². The van der Waals surface area contributed by atoms with Crippen molar-refractivity contribution in [3.8, 4) is 0 Å². The van der Waals surface area contributed by atoms with Crippen molar-refractivity contribution in [2.24, 2.45) is 11.8 Å². The summed E-state index contributed by atoms with van der Waals surface area (Å²) < 4.78 is 0. The maximum atomic E-state index is 12.3. The zero-order valence-corrected chi connectivity index (χ0v) is 11.6. The van der Waals surface area contributed by atoms with Crippen molar-refractivity contribution < 1.29 is 4.79 Å². The normalized spacial score (nSPS) is 27.8. The van der Waals surface area contributed by atoms with Crippen LogP contribution in [-0.2, 0) is 0 Å². The first-order valence-electron chi connectivity index (χ1n) is 6.96. The molecule has 0 bridgehead atoms. The van der Waals surface area contributed by atoms with E-state index < -0.39 is 0 Å². The Balaban J connectivity index is 2.05. The first-order chi connectivity index (χ1) is 8.59. The quantitative estimate of drug-likeness (QED) is 0.848. The average molecular weight is 245 g/mol. The average Bonchev–Trinajstić information content (AvgIpc) is 2.35. The maximum absolute atomic E-state index is 12.3. The van der Waals surface area contributed by atoms with Gasteiger partial charge in [0.25, 0.3) is 5.91 Å². The molecule has 0 aliphatic heterocycles. The topological polar surface area (TPSA) is 29.1 Å². The van der Waals surface area contributed by atoms with Crippen molar-refractivity contribution in [3.63, 3.8) is 0 Å². The Bertz CT molecular complexity index is 427. The molecule has 98 valence electrons. The van der Waals surface area contributed by atoms with Crippen LogP contribution in [0.1, 0.15) is 49.0 Å². The molecule has 2 nitrogen and oxygen atoms in total. The van der Waals surface area contributed by atoms with Gasteiger partial charge in [0, 0.05) is 11.6 Å². The fourth-order valence-corrected chi connectivity index (χ4v) is 2.86. The molecule has 0 aromatic heterocycles. The van der Waals surface area contributed by atoms with E-state index in [9.17, 15) is 4.79 Å². The number of carbonyl (C=O) groups is 1. The fourth-order valence-electron chi connectivity index (χ4n) is 2.86. The number of aryl methyl sites for hydroxylation is 1. The summed E-state index contributed by atoms with van der Waals surface area (Å²) in [4.78, 5) is 12.3. The lowest BCUT2D eigenvalue weighted by Gasteiger charge is -2.34. The van der Waals surface area contributed by atoms with Gasteiger partial charge in [-0.25, -0.2) is 0 Å². The minimum absolute atomic E-state index is 0.0825. The van der Waals surface area contributed by atoms with Gasteiger partial charge >= 0.3 is 0 Å². The second kappa shape index (κ2) is 5.55. The number of benzene rings is 1. The summed E-state index contributed by atoms with van der Waals surface area (Å²) in [6.45, 7) is 6.53. The summed E-state index contributed by atoms with van der Waals surface area (Å²) in [5, 5.41) is 3.22. The van der Waals surface area contributed by atoms with Gasteiger partial charge in [0.2, 0.25) is 0 Å². The Labute approximate surface area is 110 Å². The molecule has 1 fully saturated rings. The Morgan fingerprint density at radius 3 is 2.67 bits per heavy atom. The van der Waals surface area contributed by atoms with Crippen LogP contribution in [0.3, 0.4) is 0 Å². The summed E-state index contributed by atoms with van der Waals surface area (Å²) in [6.07, 6.45) is 3.63. The molecule has 18 heavy (non-hydrogen) atoms. The zero-order valence-electron chi connectivity index (χ0n) is 11.6. The van der Waals surface area contributed by atoms with Crippen LogP contribution in [0, 0.1) is 18.8 Å². The lowest BCUT2D eigenvalue weighted by atomic mass is 9.78. The van der Waals surface area contributed by atoms with Gasteiger partial charge in [-0.1, -0.05) is 44.9 Å². The molecule has 0 unspecified atom stereocenters. The van der Waals surface area contributed by atoms with E-state index in [4.69, 9.17) is 0 Å². The van der Waals surface area contributed by atoms with Crippen LogP contribution in [0.2, 0.25) is 0 Å². The molecule has 1 amide bonds. The molecule has 0 spiro atoms. The van der Waals surface area contributed by atoms with E-state index in [0.29, 0.717) is 17.9 Å². The molecule has 0 heterocycles. The molecule has 1 aromatic carbocycles. The standard InChI is InChI=1S/C16H23NO/c1-11-8-6-10-15(13(11)3)17-16(18)14-9-5-4-7-12(14)2/h4-5,7,9,11,13,15H,6,8,10H2,1-3H3,(H,17,18)/t11-,13+,15-/m1/s1. The molecule has 3 atom stereocenters. The summed E-state index contributed by atoms with van der Waals surface area (Å²) in [7, 11) is 0. The van der Waals surface area contributed by atoms with Gasteiger partial charge < -0.3 is 5.32 Å². The number of rotatable bonds is 2. The summed E-state index contributed by atoms with van der Waals surface area (Å²) >= 11 is 0. The van der Waals surface area contributed by atoms with Gasteiger partial charge in [0.15, 0.2) is 0 Å². The van der Waals surface area contributed by atoms with Crippen molar-refractivity contribution in [1.82, 2.24) is 5.32 Å². The van der Waals surface area contributed by atoms with E-state index in [1.165, 1.54) is 12.8 Å². The number of hydrogen-bond donors (Lipinski definition) is 1. The van der Waals surface area contributed by atoms with E-state index in [2.05, 4.69) is 19.2 Å². The predicted octanol–water partition coefficient (Wildman–Crippen LogP) is 3.55. The van der Waals surface area contributed by atoms with E-state index in [-0.39, 0.29) is 5.91 Å². The first kappa shape index (κ1) is 13.1. The second-order valence-electron chi connectivity index (χ2n) is 5.66. The van der Waals surface area contributed by atoms with Gasteiger partial charge in [0.1, 0.15) is 0 Å². The number of nitrogens with one attached hydrogen (secondary N) is 1. The molecular weight excluding hydrogens is 222 g/mol. The molecule has 1 aliphatic carbocycles. The van der Waals surface area contributed by atoms with Crippen LogP contribution in [0.15, 0.2) is 24.3 Å². The molecule has 2 heteroatoms. The Morgan fingerprint density at radius 1 is 1.22 bits per heavy atom. The molecule has 1 aliphatic rings. The largest absolute Gasteiger partial charge is 0.349 e. The van der Waals surface area contributed by atoms with Crippen molar-refractivity contribution >= 4 is 5.91 Å². The molecule has 1 aromatic rings. The minimum atomic E-state index is 0.0825. The number of amides is 1.